The van der Waals surface area contributed by atoms with E-state index in [1.807, 2.05) is 24.5 Å². The van der Waals surface area contributed by atoms with Gasteiger partial charge >= 0.3 is 168 Å². The first-order valence-electron chi connectivity index (χ1n) is 8.94. The van der Waals surface area contributed by atoms with Crippen LogP contribution < -0.4 is 7.22 Å². The summed E-state index contributed by atoms with van der Waals surface area (Å²) in [6.07, 6.45) is 3.78. The standard InChI is InChI=1S/C24H14N2Te/c1-3-11-19-17(7-1)21(18-8-2-4-12-20(18)27-19)22-23-15(9-5-13-25-23)16-10-6-14-26-24(16)22/h1-14H. The van der Waals surface area contributed by atoms with Gasteiger partial charge in [-0.3, -0.25) is 0 Å². The molecule has 1 aliphatic carbocycles. The summed E-state index contributed by atoms with van der Waals surface area (Å²) in [5, 5.41) is 0. The molecule has 6 rings (SSSR count). The summed E-state index contributed by atoms with van der Waals surface area (Å²) in [6.45, 7) is 0. The zero-order valence-corrected chi connectivity index (χ0v) is 16.7. The number of hydrogen-bond donors (Lipinski definition) is 0. The molecular weight excluding hydrogens is 444 g/mol. The van der Waals surface area contributed by atoms with Crippen LogP contribution >= 0.6 is 0 Å². The number of pyridine rings is 2. The van der Waals surface area contributed by atoms with Crippen LogP contribution in [-0.4, -0.2) is 30.9 Å². The van der Waals surface area contributed by atoms with E-state index in [-0.39, 0.29) is 20.9 Å². The molecule has 2 aliphatic rings. The normalized spacial score (nSPS) is 13.6. The summed E-state index contributed by atoms with van der Waals surface area (Å²) < 4.78 is 2.98. The second kappa shape index (κ2) is 5.89. The van der Waals surface area contributed by atoms with Crippen molar-refractivity contribution in [3.8, 4) is 11.1 Å². The molecule has 4 aromatic rings. The third-order valence-corrected chi connectivity index (χ3v) is 8.45. The first kappa shape index (κ1) is 15.3. The van der Waals surface area contributed by atoms with E-state index in [2.05, 4.69) is 60.7 Å². The van der Waals surface area contributed by atoms with Gasteiger partial charge in [-0.2, -0.15) is 0 Å². The van der Waals surface area contributed by atoms with Gasteiger partial charge in [0.2, 0.25) is 0 Å². The second-order valence-electron chi connectivity index (χ2n) is 6.64. The Morgan fingerprint density at radius 3 is 1.52 bits per heavy atom. The molecule has 0 saturated heterocycles. The van der Waals surface area contributed by atoms with Gasteiger partial charge in [-0.15, -0.1) is 0 Å². The Balaban J connectivity index is 1.81. The maximum absolute atomic E-state index is 4.79. The van der Waals surface area contributed by atoms with Crippen molar-refractivity contribution in [1.29, 1.82) is 0 Å². The van der Waals surface area contributed by atoms with Crippen molar-refractivity contribution >= 4 is 39.3 Å². The van der Waals surface area contributed by atoms with Crippen molar-refractivity contribution in [3.63, 3.8) is 0 Å². The molecule has 1 aliphatic heterocycles. The van der Waals surface area contributed by atoms with E-state index in [4.69, 9.17) is 9.97 Å². The van der Waals surface area contributed by atoms with Crippen LogP contribution in [0.4, 0.5) is 0 Å². The number of rotatable bonds is 0. The molecule has 3 heteroatoms. The van der Waals surface area contributed by atoms with Gasteiger partial charge in [-0.05, 0) is 0 Å². The Morgan fingerprint density at radius 1 is 0.481 bits per heavy atom. The average Bonchev–Trinajstić information content (AvgIpc) is 3.06. The molecule has 3 heterocycles. The topological polar surface area (TPSA) is 25.8 Å². The molecule has 0 radical (unpaired) electrons. The van der Waals surface area contributed by atoms with Crippen LogP contribution in [0.25, 0.3) is 22.3 Å². The first-order chi connectivity index (χ1) is 13.4. The van der Waals surface area contributed by atoms with Crippen LogP contribution in [0.2, 0.25) is 0 Å². The molecule has 2 nitrogen and oxygen atoms in total. The van der Waals surface area contributed by atoms with E-state index in [1.165, 1.54) is 40.6 Å². The Labute approximate surface area is 167 Å². The molecule has 0 amide bonds. The Hall–Kier alpha value is -2.73. The summed E-state index contributed by atoms with van der Waals surface area (Å²) in [6, 6.07) is 26.1. The van der Waals surface area contributed by atoms with Crippen molar-refractivity contribution in [1.82, 2.24) is 9.97 Å². The zero-order chi connectivity index (χ0) is 17.8. The minimum absolute atomic E-state index is 0.387. The van der Waals surface area contributed by atoms with Gasteiger partial charge in [-0.1, -0.05) is 0 Å². The second-order valence-corrected chi connectivity index (χ2v) is 9.74. The van der Waals surface area contributed by atoms with Crippen LogP contribution in [0.3, 0.4) is 0 Å². The Morgan fingerprint density at radius 2 is 0.963 bits per heavy atom. The molecular formula is C24H14N2Te. The number of fused-ring (bicyclic) bond motifs is 5. The minimum atomic E-state index is -0.387. The quantitative estimate of drug-likeness (QED) is 0.327. The fourth-order valence-electron chi connectivity index (χ4n) is 4.05. The van der Waals surface area contributed by atoms with E-state index in [9.17, 15) is 0 Å². The van der Waals surface area contributed by atoms with Gasteiger partial charge in [-0.25, -0.2) is 0 Å². The Bertz CT molecular complexity index is 1160. The van der Waals surface area contributed by atoms with Crippen molar-refractivity contribution in [2.75, 3.05) is 0 Å². The molecule has 0 fully saturated rings. The molecule has 27 heavy (non-hydrogen) atoms. The first-order valence-corrected chi connectivity index (χ1v) is 11.3. The monoisotopic (exact) mass is 460 g/mol. The number of benzene rings is 2. The van der Waals surface area contributed by atoms with E-state index in [1.54, 1.807) is 0 Å². The summed E-state index contributed by atoms with van der Waals surface area (Å²) >= 11 is -0.387. The van der Waals surface area contributed by atoms with Gasteiger partial charge in [0.15, 0.2) is 0 Å². The van der Waals surface area contributed by atoms with Crippen LogP contribution in [0.15, 0.2) is 85.2 Å². The van der Waals surface area contributed by atoms with Crippen molar-refractivity contribution in [2.24, 2.45) is 0 Å². The number of aromatic nitrogens is 2. The third kappa shape index (κ3) is 2.19. The van der Waals surface area contributed by atoms with Gasteiger partial charge in [0.05, 0.1) is 0 Å². The molecule has 2 aromatic heterocycles. The summed E-state index contributed by atoms with van der Waals surface area (Å²) in [5.74, 6) is 0. The maximum atomic E-state index is 4.79. The predicted molar refractivity (Wildman–Crippen MR) is 110 cm³/mol. The van der Waals surface area contributed by atoms with Crippen molar-refractivity contribution < 1.29 is 0 Å². The summed E-state index contributed by atoms with van der Waals surface area (Å²) in [4.78, 5) is 9.58. The molecule has 0 N–H and O–H groups in total. The van der Waals surface area contributed by atoms with E-state index in [0.717, 1.165) is 11.4 Å². The van der Waals surface area contributed by atoms with Crippen LogP contribution in [0.1, 0.15) is 22.5 Å². The molecule has 2 aromatic carbocycles. The van der Waals surface area contributed by atoms with Crippen LogP contribution in [0, 0.1) is 0 Å². The molecule has 0 bridgehead atoms. The van der Waals surface area contributed by atoms with Gasteiger partial charge in [0, 0.05) is 0 Å². The van der Waals surface area contributed by atoms with E-state index in [0.29, 0.717) is 0 Å². The van der Waals surface area contributed by atoms with Gasteiger partial charge < -0.3 is 0 Å². The summed E-state index contributed by atoms with van der Waals surface area (Å²) in [5.41, 5.74) is 9.62. The average molecular weight is 458 g/mol. The molecule has 0 atom stereocenters. The molecule has 126 valence electrons. The van der Waals surface area contributed by atoms with Crippen molar-refractivity contribution in [2.45, 2.75) is 0 Å². The van der Waals surface area contributed by atoms with Crippen LogP contribution in [-0.2, 0) is 0 Å². The molecule has 0 spiro atoms. The predicted octanol–water partition coefficient (Wildman–Crippen LogP) is 3.43. The fraction of sp³-hybridized carbons (Fsp3) is 0. The third-order valence-electron chi connectivity index (χ3n) is 5.16. The van der Waals surface area contributed by atoms with Gasteiger partial charge in [0.1, 0.15) is 0 Å². The fourth-order valence-corrected chi connectivity index (χ4v) is 7.16. The SMILES string of the molecule is c1ccc2c(c1)[Te]c1ccccc1C2=C1c2ncccc2-c2cccnc21. The Kier molecular flexibility index (Phi) is 3.35. The van der Waals surface area contributed by atoms with E-state index >= 15 is 0 Å². The van der Waals surface area contributed by atoms with Gasteiger partial charge in [0.25, 0.3) is 0 Å². The summed E-state index contributed by atoms with van der Waals surface area (Å²) in [7, 11) is 0. The van der Waals surface area contributed by atoms with Crippen molar-refractivity contribution in [3.05, 3.63) is 108 Å². The molecule has 0 saturated carbocycles. The number of nitrogens with zero attached hydrogens (tertiary/aromatic N) is 2. The zero-order valence-electron chi connectivity index (χ0n) is 14.4. The number of hydrogen-bond acceptors (Lipinski definition) is 2. The van der Waals surface area contributed by atoms with Crippen LogP contribution in [0.5, 0.6) is 0 Å². The van der Waals surface area contributed by atoms with E-state index < -0.39 is 0 Å². The molecule has 0 unspecified atom stereocenters.